The van der Waals surface area contributed by atoms with Crippen molar-refractivity contribution in [2.24, 2.45) is 5.92 Å². The molecule has 8 nitrogen and oxygen atoms in total. The second-order valence-corrected chi connectivity index (χ2v) is 9.72. The second kappa shape index (κ2) is 13.3. The fourth-order valence-electron chi connectivity index (χ4n) is 4.46. The molecule has 0 saturated carbocycles. The predicted octanol–water partition coefficient (Wildman–Crippen LogP) is 5.25. The summed E-state index contributed by atoms with van der Waals surface area (Å²) in [5.74, 6) is 0.779. The third-order valence-corrected chi connectivity index (χ3v) is 6.28. The molecule has 0 unspecified atom stereocenters. The van der Waals surface area contributed by atoms with Crippen LogP contribution in [0.2, 0.25) is 0 Å². The van der Waals surface area contributed by atoms with Crippen LogP contribution >= 0.6 is 0 Å². The van der Waals surface area contributed by atoms with E-state index < -0.39 is 0 Å². The molecule has 0 aromatic heterocycles. The SMILES string of the molecule is C=C(c1cc(C(C)C)c(OC)cc1O)N(C(=N)COC)c1ccc(CN(C)[C@H](C(=O)OC)C(C)C)cc1. The number of benzene rings is 2. The van der Waals surface area contributed by atoms with Gasteiger partial charge in [-0.05, 0) is 48.2 Å². The Bertz CT molecular complexity index is 1100. The van der Waals surface area contributed by atoms with E-state index in [2.05, 4.69) is 6.58 Å². The minimum absolute atomic E-state index is 0.0160. The summed E-state index contributed by atoms with van der Waals surface area (Å²) >= 11 is 0. The average molecular weight is 512 g/mol. The van der Waals surface area contributed by atoms with Crippen LogP contribution in [0, 0.1) is 11.3 Å². The first kappa shape index (κ1) is 29.9. The molecular weight excluding hydrogens is 470 g/mol. The van der Waals surface area contributed by atoms with Crippen LogP contribution in [-0.2, 0) is 20.8 Å². The Hall–Kier alpha value is -3.36. The van der Waals surface area contributed by atoms with Gasteiger partial charge < -0.3 is 19.3 Å². The maximum absolute atomic E-state index is 12.3. The first-order valence-corrected chi connectivity index (χ1v) is 12.3. The molecule has 0 fully saturated rings. The molecule has 0 bridgehead atoms. The number of nitrogens with zero attached hydrogens (tertiary/aromatic N) is 2. The number of likely N-dealkylation sites (N-methyl/N-ethyl adjacent to an activating group) is 1. The summed E-state index contributed by atoms with van der Waals surface area (Å²) in [5, 5.41) is 19.5. The highest BCUT2D eigenvalue weighted by molar-refractivity contribution is 6.08. The molecule has 0 aliphatic rings. The highest BCUT2D eigenvalue weighted by atomic mass is 16.5. The van der Waals surface area contributed by atoms with Crippen molar-refractivity contribution in [1.82, 2.24) is 4.90 Å². The van der Waals surface area contributed by atoms with E-state index in [-0.39, 0.29) is 42.0 Å². The van der Waals surface area contributed by atoms with Crippen molar-refractivity contribution in [2.75, 3.05) is 39.9 Å². The Kier molecular flexibility index (Phi) is 10.7. The number of ether oxygens (including phenoxy) is 3. The van der Waals surface area contributed by atoms with Gasteiger partial charge in [-0.25, -0.2) is 0 Å². The van der Waals surface area contributed by atoms with Crippen molar-refractivity contribution < 1.29 is 24.1 Å². The number of hydrogen-bond donors (Lipinski definition) is 2. The van der Waals surface area contributed by atoms with Gasteiger partial charge in [-0.3, -0.25) is 20.0 Å². The number of aromatic hydroxyl groups is 1. The maximum Gasteiger partial charge on any atom is 0.323 e. The Labute approximate surface area is 221 Å². The molecule has 0 amide bonds. The van der Waals surface area contributed by atoms with Crippen LogP contribution < -0.4 is 9.64 Å². The number of phenols is 1. The number of esters is 1. The normalized spacial score (nSPS) is 12.1. The molecule has 1 atom stereocenters. The van der Waals surface area contributed by atoms with Crippen molar-refractivity contribution >= 4 is 23.2 Å². The zero-order chi connectivity index (χ0) is 27.9. The number of hydrogen-bond acceptors (Lipinski definition) is 7. The van der Waals surface area contributed by atoms with Crippen LogP contribution in [0.5, 0.6) is 11.5 Å². The minimum atomic E-state index is -0.357. The summed E-state index contributed by atoms with van der Waals surface area (Å²) in [6.45, 7) is 12.9. The molecule has 2 aromatic rings. The minimum Gasteiger partial charge on any atom is -0.507 e. The lowest BCUT2D eigenvalue weighted by Crippen LogP contribution is -2.42. The van der Waals surface area contributed by atoms with Gasteiger partial charge in [-0.2, -0.15) is 0 Å². The van der Waals surface area contributed by atoms with Crippen LogP contribution in [0.15, 0.2) is 43.0 Å². The van der Waals surface area contributed by atoms with Crippen molar-refractivity contribution in [3.05, 3.63) is 59.7 Å². The van der Waals surface area contributed by atoms with Crippen LogP contribution in [0.4, 0.5) is 5.69 Å². The lowest BCUT2D eigenvalue weighted by Gasteiger charge is -2.30. The van der Waals surface area contributed by atoms with Crippen molar-refractivity contribution in [3.63, 3.8) is 0 Å². The lowest BCUT2D eigenvalue weighted by molar-refractivity contribution is -0.148. The van der Waals surface area contributed by atoms with Gasteiger partial charge in [0.2, 0.25) is 0 Å². The summed E-state index contributed by atoms with van der Waals surface area (Å²) in [6, 6.07) is 10.8. The number of carbonyl (C=O) groups is 1. The summed E-state index contributed by atoms with van der Waals surface area (Å²) < 4.78 is 15.7. The number of rotatable bonds is 12. The topological polar surface area (TPSA) is 95.3 Å². The molecule has 0 radical (unpaired) electrons. The van der Waals surface area contributed by atoms with Gasteiger partial charge in [0, 0.05) is 31.0 Å². The number of amidine groups is 1. The van der Waals surface area contributed by atoms with Gasteiger partial charge in [0.25, 0.3) is 0 Å². The molecule has 2 aromatic carbocycles. The van der Waals surface area contributed by atoms with Crippen LogP contribution in [0.1, 0.15) is 50.3 Å². The number of carbonyl (C=O) groups excluding carboxylic acids is 1. The van der Waals surface area contributed by atoms with Gasteiger partial charge in [0.15, 0.2) is 0 Å². The first-order chi connectivity index (χ1) is 17.5. The number of nitrogens with one attached hydrogen (secondary N) is 1. The standard InChI is InChI=1S/C29H41N3O5/c1-18(2)23-14-24(25(33)15-26(23)36-8)20(5)32(27(30)17-35-7)22-12-10-21(11-13-22)16-31(6)28(19(3)4)29(34)37-9/h10-15,18-19,28,30,33H,5,16-17H2,1-4,6-9H3/t28-/m0/s1. The quantitative estimate of drug-likeness (QED) is 0.228. The van der Waals surface area contributed by atoms with Crippen LogP contribution in [0.3, 0.4) is 0 Å². The number of phenolic OH excluding ortho intramolecular Hbond substituents is 1. The fourth-order valence-corrected chi connectivity index (χ4v) is 4.46. The monoisotopic (exact) mass is 511 g/mol. The third-order valence-electron chi connectivity index (χ3n) is 6.28. The molecule has 0 aliphatic carbocycles. The van der Waals surface area contributed by atoms with Gasteiger partial charge in [-0.15, -0.1) is 0 Å². The van der Waals surface area contributed by atoms with E-state index in [9.17, 15) is 9.90 Å². The Morgan fingerprint density at radius 3 is 2.19 bits per heavy atom. The second-order valence-electron chi connectivity index (χ2n) is 9.72. The molecule has 202 valence electrons. The largest absolute Gasteiger partial charge is 0.507 e. The maximum atomic E-state index is 12.3. The predicted molar refractivity (Wildman–Crippen MR) is 148 cm³/mol. The molecule has 0 saturated heterocycles. The van der Waals surface area contributed by atoms with E-state index in [0.717, 1.165) is 11.1 Å². The Balaban J connectivity index is 2.42. The molecule has 0 spiro atoms. The molecule has 37 heavy (non-hydrogen) atoms. The summed E-state index contributed by atoms with van der Waals surface area (Å²) in [5.41, 5.74) is 3.58. The number of methoxy groups -OCH3 is 3. The molecule has 8 heteroatoms. The third kappa shape index (κ3) is 7.11. The summed E-state index contributed by atoms with van der Waals surface area (Å²) in [4.78, 5) is 15.9. The van der Waals surface area contributed by atoms with E-state index in [1.165, 1.54) is 14.2 Å². The van der Waals surface area contributed by atoms with Gasteiger partial charge in [-0.1, -0.05) is 46.4 Å². The molecule has 2 rings (SSSR count). The van der Waals surface area contributed by atoms with E-state index >= 15 is 0 Å². The summed E-state index contributed by atoms with van der Waals surface area (Å²) in [6.07, 6.45) is 0. The van der Waals surface area contributed by atoms with E-state index in [1.807, 2.05) is 70.0 Å². The van der Waals surface area contributed by atoms with Crippen molar-refractivity contribution in [2.45, 2.75) is 46.2 Å². The average Bonchev–Trinajstić information content (AvgIpc) is 2.84. The zero-order valence-electron chi connectivity index (χ0n) is 23.3. The van der Waals surface area contributed by atoms with Crippen molar-refractivity contribution in [1.29, 1.82) is 5.41 Å². The smallest absolute Gasteiger partial charge is 0.323 e. The molecular formula is C29H41N3O5. The Morgan fingerprint density at radius 1 is 1.08 bits per heavy atom. The zero-order valence-corrected chi connectivity index (χ0v) is 23.3. The van der Waals surface area contributed by atoms with E-state index in [1.54, 1.807) is 18.1 Å². The van der Waals surface area contributed by atoms with Crippen molar-refractivity contribution in [3.8, 4) is 11.5 Å². The van der Waals surface area contributed by atoms with Crippen LogP contribution in [-0.4, -0.2) is 62.8 Å². The molecule has 2 N–H and O–H groups in total. The van der Waals surface area contributed by atoms with Gasteiger partial charge in [0.1, 0.15) is 30.0 Å². The fraction of sp³-hybridized carbons (Fsp3) is 0.448. The van der Waals surface area contributed by atoms with Gasteiger partial charge in [0.05, 0.1) is 19.9 Å². The number of anilines is 1. The lowest BCUT2D eigenvalue weighted by atomic mass is 9.97. The highest BCUT2D eigenvalue weighted by Crippen LogP contribution is 2.38. The molecule has 0 heterocycles. The van der Waals surface area contributed by atoms with E-state index in [4.69, 9.17) is 19.6 Å². The summed E-state index contributed by atoms with van der Waals surface area (Å²) in [7, 11) is 6.41. The van der Waals surface area contributed by atoms with E-state index in [0.29, 0.717) is 29.2 Å². The van der Waals surface area contributed by atoms with Crippen LogP contribution in [0.25, 0.3) is 5.70 Å². The first-order valence-electron chi connectivity index (χ1n) is 12.3. The Morgan fingerprint density at radius 2 is 1.70 bits per heavy atom. The van der Waals surface area contributed by atoms with Gasteiger partial charge >= 0.3 is 5.97 Å². The highest BCUT2D eigenvalue weighted by Gasteiger charge is 2.27. The molecule has 0 aliphatic heterocycles.